The fraction of sp³-hybridized carbons (Fsp3) is 0.160. The largest absolute Gasteiger partial charge is 0.459 e. The van der Waals surface area contributed by atoms with E-state index in [1.54, 1.807) is 19.1 Å². The number of carbonyl (C=O) groups is 3. The molecule has 0 unspecified atom stereocenters. The lowest BCUT2D eigenvalue weighted by molar-refractivity contribution is 0.0815. The molecule has 35 heavy (non-hydrogen) atoms. The van der Waals surface area contributed by atoms with Crippen LogP contribution in [0, 0.1) is 6.92 Å². The molecule has 0 bridgehead atoms. The molecule has 1 aromatic carbocycles. The Kier molecular flexibility index (Phi) is 5.84. The molecule has 0 spiro atoms. The van der Waals surface area contributed by atoms with Crippen LogP contribution in [0.1, 0.15) is 61.3 Å². The number of aromatic nitrogens is 1. The topological polar surface area (TPSA) is 139 Å². The van der Waals surface area contributed by atoms with Crippen molar-refractivity contribution in [2.45, 2.75) is 26.2 Å². The highest BCUT2D eigenvalue weighted by Crippen LogP contribution is 2.29. The van der Waals surface area contributed by atoms with Gasteiger partial charge in [0, 0.05) is 22.9 Å². The average molecular weight is 471 g/mol. The van der Waals surface area contributed by atoms with E-state index >= 15 is 0 Å². The zero-order chi connectivity index (χ0) is 24.4. The molecule has 1 aliphatic rings. The minimum absolute atomic E-state index is 0.0619. The molecule has 0 aliphatic heterocycles. The third kappa shape index (κ3) is 4.41. The molecule has 0 saturated heterocycles. The number of furan rings is 2. The van der Waals surface area contributed by atoms with Gasteiger partial charge in [0.05, 0.1) is 17.5 Å². The van der Waals surface area contributed by atoms with Gasteiger partial charge >= 0.3 is 11.8 Å². The number of benzene rings is 1. The lowest BCUT2D eigenvalue weighted by Gasteiger charge is -2.13. The second-order valence-electron chi connectivity index (χ2n) is 7.98. The molecule has 3 heterocycles. The number of hydrazine groups is 1. The van der Waals surface area contributed by atoms with Crippen LogP contribution in [-0.2, 0) is 6.42 Å². The Morgan fingerprint density at radius 3 is 2.60 bits per heavy atom. The summed E-state index contributed by atoms with van der Waals surface area (Å²) >= 11 is 0. The third-order valence-corrected chi connectivity index (χ3v) is 5.69. The molecule has 4 aromatic rings. The Bertz CT molecular complexity index is 1470. The first-order chi connectivity index (χ1) is 17.0. The first kappa shape index (κ1) is 22.1. The summed E-state index contributed by atoms with van der Waals surface area (Å²) < 4.78 is 10.8. The van der Waals surface area contributed by atoms with Crippen LogP contribution in [0.2, 0.25) is 0 Å². The van der Waals surface area contributed by atoms with Gasteiger partial charge in [-0.05, 0) is 44.0 Å². The van der Waals surface area contributed by atoms with Crippen LogP contribution < -0.4 is 16.3 Å². The van der Waals surface area contributed by atoms with E-state index in [0.717, 1.165) is 11.8 Å². The molecular weight excluding hydrogens is 450 g/mol. The summed E-state index contributed by atoms with van der Waals surface area (Å²) in [6.07, 6.45) is 3.34. The standard InChI is InChI=1S/C25H21N5O5/c1-14-21-17(27-28-23(31)18-12-11-15-6-2-3-7-16(15)26-18)8-4-9-19(21)35-22(14)25(33)30-29-24(32)20-10-5-13-34-20/h2-3,5-7,10-13H,4,8-9H2,1H3,(H,28,31)(H,29,32)(H,30,33)/b27-17+. The molecule has 3 N–H and O–H groups in total. The molecule has 176 valence electrons. The monoisotopic (exact) mass is 471 g/mol. The van der Waals surface area contributed by atoms with Crippen LogP contribution in [0.15, 0.2) is 68.7 Å². The van der Waals surface area contributed by atoms with Gasteiger partial charge in [0.2, 0.25) is 0 Å². The Balaban J connectivity index is 1.32. The number of aryl methyl sites for hydroxylation is 1. The number of para-hydroxylation sites is 1. The average Bonchev–Trinajstić information content (AvgIpc) is 3.54. The molecular formula is C25H21N5O5. The normalized spacial score (nSPS) is 13.9. The predicted octanol–water partition coefficient (Wildman–Crippen LogP) is 3.27. The smallest absolute Gasteiger partial charge is 0.305 e. The number of nitrogens with one attached hydrogen (secondary N) is 3. The van der Waals surface area contributed by atoms with Crippen molar-refractivity contribution in [2.75, 3.05) is 0 Å². The number of carbonyl (C=O) groups excluding carboxylic acids is 3. The van der Waals surface area contributed by atoms with Crippen molar-refractivity contribution < 1.29 is 23.2 Å². The van der Waals surface area contributed by atoms with Crippen molar-refractivity contribution in [3.63, 3.8) is 0 Å². The fourth-order valence-electron chi connectivity index (χ4n) is 4.00. The van der Waals surface area contributed by atoms with Crippen molar-refractivity contribution in [2.24, 2.45) is 5.10 Å². The van der Waals surface area contributed by atoms with E-state index in [4.69, 9.17) is 8.83 Å². The highest BCUT2D eigenvalue weighted by Gasteiger charge is 2.28. The highest BCUT2D eigenvalue weighted by atomic mass is 16.4. The molecule has 10 heteroatoms. The number of hydrogen-bond acceptors (Lipinski definition) is 7. The van der Waals surface area contributed by atoms with Gasteiger partial charge in [0.15, 0.2) is 11.5 Å². The number of amides is 3. The van der Waals surface area contributed by atoms with Crippen molar-refractivity contribution in [1.29, 1.82) is 0 Å². The van der Waals surface area contributed by atoms with E-state index in [0.29, 0.717) is 41.0 Å². The van der Waals surface area contributed by atoms with Gasteiger partial charge in [-0.15, -0.1) is 0 Å². The Morgan fingerprint density at radius 1 is 0.943 bits per heavy atom. The van der Waals surface area contributed by atoms with Crippen molar-refractivity contribution in [1.82, 2.24) is 21.3 Å². The van der Waals surface area contributed by atoms with Gasteiger partial charge in [-0.3, -0.25) is 25.2 Å². The molecule has 1 aliphatic carbocycles. The molecule has 0 atom stereocenters. The lowest BCUT2D eigenvalue weighted by atomic mass is 9.93. The van der Waals surface area contributed by atoms with E-state index in [2.05, 4.69) is 26.4 Å². The maximum atomic E-state index is 12.7. The zero-order valence-electron chi connectivity index (χ0n) is 18.8. The molecule has 5 rings (SSSR count). The first-order valence-corrected chi connectivity index (χ1v) is 11.0. The maximum Gasteiger partial charge on any atom is 0.305 e. The molecule has 3 aromatic heterocycles. The molecule has 0 fully saturated rings. The number of hydrazone groups is 1. The molecule has 0 saturated carbocycles. The summed E-state index contributed by atoms with van der Waals surface area (Å²) in [4.78, 5) is 41.7. The molecule has 3 amide bonds. The van der Waals surface area contributed by atoms with E-state index < -0.39 is 17.7 Å². The Labute approximate surface area is 199 Å². The minimum atomic E-state index is -0.611. The van der Waals surface area contributed by atoms with Crippen LogP contribution in [0.4, 0.5) is 0 Å². The summed E-state index contributed by atoms with van der Waals surface area (Å²) in [6.45, 7) is 1.74. The Morgan fingerprint density at radius 2 is 1.77 bits per heavy atom. The number of fused-ring (bicyclic) bond motifs is 2. The third-order valence-electron chi connectivity index (χ3n) is 5.69. The van der Waals surface area contributed by atoms with Crippen molar-refractivity contribution in [3.8, 4) is 0 Å². The summed E-state index contributed by atoms with van der Waals surface area (Å²) in [6, 6.07) is 14.0. The summed E-state index contributed by atoms with van der Waals surface area (Å²) in [5.41, 5.74) is 10.0. The van der Waals surface area contributed by atoms with Gasteiger partial charge in [-0.1, -0.05) is 24.3 Å². The molecule has 10 nitrogen and oxygen atoms in total. The second kappa shape index (κ2) is 9.26. The van der Waals surface area contributed by atoms with E-state index in [-0.39, 0.29) is 17.2 Å². The first-order valence-electron chi connectivity index (χ1n) is 11.0. The van der Waals surface area contributed by atoms with Crippen molar-refractivity contribution >= 4 is 34.3 Å². The van der Waals surface area contributed by atoms with Gasteiger partial charge in [0.25, 0.3) is 5.91 Å². The van der Waals surface area contributed by atoms with Crippen LogP contribution >= 0.6 is 0 Å². The number of nitrogens with zero attached hydrogens (tertiary/aromatic N) is 2. The zero-order valence-corrected chi connectivity index (χ0v) is 18.8. The Hall–Kier alpha value is -4.73. The lowest BCUT2D eigenvalue weighted by Crippen LogP contribution is -2.41. The van der Waals surface area contributed by atoms with Gasteiger partial charge in [-0.25, -0.2) is 10.4 Å². The summed E-state index contributed by atoms with van der Waals surface area (Å²) in [7, 11) is 0. The maximum absolute atomic E-state index is 12.7. The van der Waals surface area contributed by atoms with Crippen LogP contribution in [0.3, 0.4) is 0 Å². The van der Waals surface area contributed by atoms with Crippen LogP contribution in [0.25, 0.3) is 10.9 Å². The van der Waals surface area contributed by atoms with E-state index in [1.807, 2.05) is 30.3 Å². The SMILES string of the molecule is Cc1c(C(=O)NNC(=O)c2ccco2)oc2c1/C(=N/NC(=O)c1ccc3ccccc3n1)CCC2. The summed E-state index contributed by atoms with van der Waals surface area (Å²) in [5, 5.41) is 5.26. The van der Waals surface area contributed by atoms with E-state index in [1.165, 1.54) is 12.3 Å². The molecule has 0 radical (unpaired) electrons. The van der Waals surface area contributed by atoms with Crippen LogP contribution in [0.5, 0.6) is 0 Å². The number of rotatable bonds is 4. The predicted molar refractivity (Wildman–Crippen MR) is 126 cm³/mol. The number of pyridine rings is 1. The van der Waals surface area contributed by atoms with Crippen LogP contribution in [-0.4, -0.2) is 28.4 Å². The number of hydrogen-bond donors (Lipinski definition) is 3. The fourth-order valence-corrected chi connectivity index (χ4v) is 4.00. The quantitative estimate of drug-likeness (QED) is 0.391. The summed E-state index contributed by atoms with van der Waals surface area (Å²) in [5.74, 6) is -0.910. The van der Waals surface area contributed by atoms with Gasteiger partial charge in [0.1, 0.15) is 11.5 Å². The highest BCUT2D eigenvalue weighted by molar-refractivity contribution is 6.07. The van der Waals surface area contributed by atoms with Crippen molar-refractivity contribution in [3.05, 3.63) is 88.9 Å². The van der Waals surface area contributed by atoms with E-state index in [9.17, 15) is 14.4 Å². The second-order valence-corrected chi connectivity index (χ2v) is 7.98. The minimum Gasteiger partial charge on any atom is -0.459 e. The van der Waals surface area contributed by atoms with Gasteiger partial charge in [-0.2, -0.15) is 5.10 Å². The van der Waals surface area contributed by atoms with Gasteiger partial charge < -0.3 is 8.83 Å².